The van der Waals surface area contributed by atoms with Crippen LogP contribution in [0, 0.1) is 0 Å². The number of hydrogen-bond acceptors (Lipinski definition) is 4. The molecule has 0 aliphatic carbocycles. The summed E-state index contributed by atoms with van der Waals surface area (Å²) >= 11 is 6.97. The molecule has 0 bridgehead atoms. The zero-order valence-corrected chi connectivity index (χ0v) is 13.9. The van der Waals surface area contributed by atoms with Crippen LogP contribution in [0.2, 0.25) is 0 Å². The lowest BCUT2D eigenvalue weighted by atomic mass is 10.1. The molecule has 2 nitrogen and oxygen atoms in total. The lowest BCUT2D eigenvalue weighted by Crippen LogP contribution is -2.03. The number of nitrogens with zero attached hydrogens (tertiary/aromatic N) is 1. The minimum absolute atomic E-state index is 0.657. The first-order valence-electron chi connectivity index (χ1n) is 6.28. The lowest BCUT2D eigenvalue weighted by molar-refractivity contribution is 0.943. The Hall–Kier alpha value is -0.880. The van der Waals surface area contributed by atoms with Gasteiger partial charge in [-0.2, -0.15) is 0 Å². The van der Waals surface area contributed by atoms with Gasteiger partial charge in [-0.05, 0) is 48.9 Å². The molecular weight excluding hydrogens is 352 g/mol. The van der Waals surface area contributed by atoms with Gasteiger partial charge in [0, 0.05) is 9.37 Å². The van der Waals surface area contributed by atoms with Gasteiger partial charge in [0.2, 0.25) is 0 Å². The van der Waals surface area contributed by atoms with Crippen molar-refractivity contribution in [3.63, 3.8) is 0 Å². The van der Waals surface area contributed by atoms with E-state index in [0.717, 1.165) is 20.7 Å². The predicted octanol–water partition coefficient (Wildman–Crippen LogP) is 4.71. The van der Waals surface area contributed by atoms with Gasteiger partial charge in [-0.3, -0.25) is 0 Å². The zero-order chi connectivity index (χ0) is 13.9. The van der Waals surface area contributed by atoms with Gasteiger partial charge in [-0.15, -0.1) is 11.3 Å². The number of hydrogen-bond donors (Lipinski definition) is 1. The number of benzene rings is 2. The van der Waals surface area contributed by atoms with Crippen molar-refractivity contribution < 1.29 is 0 Å². The minimum atomic E-state index is 0.657. The van der Waals surface area contributed by atoms with E-state index in [4.69, 9.17) is 5.73 Å². The van der Waals surface area contributed by atoms with Crippen molar-refractivity contribution in [1.82, 2.24) is 4.98 Å². The van der Waals surface area contributed by atoms with E-state index in [2.05, 4.69) is 57.3 Å². The second-order valence-corrected chi connectivity index (χ2v) is 7.58. The summed E-state index contributed by atoms with van der Waals surface area (Å²) in [6, 6.07) is 14.6. The topological polar surface area (TPSA) is 38.9 Å². The third-order valence-electron chi connectivity index (χ3n) is 2.91. The van der Waals surface area contributed by atoms with Crippen LogP contribution < -0.4 is 5.73 Å². The summed E-state index contributed by atoms with van der Waals surface area (Å²) in [6.07, 6.45) is 0.882. The van der Waals surface area contributed by atoms with Crippen molar-refractivity contribution in [3.05, 3.63) is 52.5 Å². The highest BCUT2D eigenvalue weighted by atomic mass is 79.9. The van der Waals surface area contributed by atoms with Gasteiger partial charge in [0.1, 0.15) is 0 Å². The molecule has 3 rings (SSSR count). The first-order chi connectivity index (χ1) is 9.76. The molecule has 0 unspecified atom stereocenters. The van der Waals surface area contributed by atoms with Gasteiger partial charge in [0.15, 0.2) is 4.34 Å². The van der Waals surface area contributed by atoms with Gasteiger partial charge in [-0.1, -0.05) is 39.8 Å². The van der Waals surface area contributed by atoms with Crippen molar-refractivity contribution >= 4 is 49.2 Å². The van der Waals surface area contributed by atoms with Crippen molar-refractivity contribution in [3.8, 4) is 0 Å². The van der Waals surface area contributed by atoms with Gasteiger partial charge in [0.05, 0.1) is 10.2 Å². The molecular formula is C15H13BrN2S2. The third-order valence-corrected chi connectivity index (χ3v) is 5.62. The van der Waals surface area contributed by atoms with Crippen LogP contribution in [-0.4, -0.2) is 11.5 Å². The van der Waals surface area contributed by atoms with Crippen LogP contribution in [0.15, 0.2) is 56.2 Å². The molecule has 0 spiro atoms. The van der Waals surface area contributed by atoms with Gasteiger partial charge in [-0.25, -0.2) is 4.98 Å². The van der Waals surface area contributed by atoms with E-state index >= 15 is 0 Å². The molecule has 0 saturated carbocycles. The highest BCUT2D eigenvalue weighted by Gasteiger charge is 2.09. The fourth-order valence-corrected chi connectivity index (χ4v) is 4.56. The van der Waals surface area contributed by atoms with Crippen LogP contribution >= 0.6 is 39.0 Å². The number of halogens is 1. The summed E-state index contributed by atoms with van der Waals surface area (Å²) < 4.78 is 3.40. The highest BCUT2D eigenvalue weighted by Crippen LogP contribution is 2.36. The number of rotatable bonds is 4. The van der Waals surface area contributed by atoms with E-state index in [1.807, 2.05) is 6.07 Å². The summed E-state index contributed by atoms with van der Waals surface area (Å²) in [7, 11) is 0. The molecule has 1 aromatic heterocycles. The molecule has 0 aliphatic rings. The predicted molar refractivity (Wildman–Crippen MR) is 90.6 cm³/mol. The van der Waals surface area contributed by atoms with Crippen LogP contribution in [0.25, 0.3) is 10.2 Å². The maximum atomic E-state index is 5.70. The smallest absolute Gasteiger partial charge is 0.155 e. The first kappa shape index (κ1) is 14.1. The van der Waals surface area contributed by atoms with Gasteiger partial charge >= 0.3 is 0 Å². The molecule has 0 saturated heterocycles. The average molecular weight is 365 g/mol. The van der Waals surface area contributed by atoms with Gasteiger partial charge in [0.25, 0.3) is 0 Å². The van der Waals surface area contributed by atoms with Crippen LogP contribution in [0.5, 0.6) is 0 Å². The fourth-order valence-electron chi connectivity index (χ4n) is 1.99. The van der Waals surface area contributed by atoms with E-state index in [-0.39, 0.29) is 0 Å². The van der Waals surface area contributed by atoms with E-state index in [9.17, 15) is 0 Å². The summed E-state index contributed by atoms with van der Waals surface area (Å²) in [4.78, 5) is 5.90. The Bertz CT molecular complexity index is 707. The molecule has 5 heteroatoms. The Morgan fingerprint density at radius 2 is 2.05 bits per heavy atom. The average Bonchev–Trinajstić information content (AvgIpc) is 2.84. The molecule has 102 valence electrons. The SMILES string of the molecule is NCCc1cc(Br)ccc1Sc1nc2ccccc2s1. The number of aromatic nitrogens is 1. The molecule has 0 fully saturated rings. The molecule has 0 atom stereocenters. The second kappa shape index (κ2) is 6.26. The van der Waals surface area contributed by atoms with Crippen molar-refractivity contribution in [2.75, 3.05) is 6.54 Å². The summed E-state index contributed by atoms with van der Waals surface area (Å²) in [5.74, 6) is 0. The van der Waals surface area contributed by atoms with Crippen molar-refractivity contribution in [2.45, 2.75) is 15.7 Å². The maximum Gasteiger partial charge on any atom is 0.155 e. The summed E-state index contributed by atoms with van der Waals surface area (Å²) in [5.41, 5.74) is 8.03. The van der Waals surface area contributed by atoms with E-state index in [1.54, 1.807) is 23.1 Å². The number of fused-ring (bicyclic) bond motifs is 1. The van der Waals surface area contributed by atoms with Crippen LogP contribution in [0.3, 0.4) is 0 Å². The maximum absolute atomic E-state index is 5.70. The Kier molecular flexibility index (Phi) is 4.41. The molecule has 0 amide bonds. The van der Waals surface area contributed by atoms with Crippen LogP contribution in [-0.2, 0) is 6.42 Å². The monoisotopic (exact) mass is 364 g/mol. The van der Waals surface area contributed by atoms with Crippen LogP contribution in [0.1, 0.15) is 5.56 Å². The minimum Gasteiger partial charge on any atom is -0.330 e. The number of nitrogens with two attached hydrogens (primary N) is 1. The lowest BCUT2D eigenvalue weighted by Gasteiger charge is -2.07. The van der Waals surface area contributed by atoms with E-state index < -0.39 is 0 Å². The van der Waals surface area contributed by atoms with Gasteiger partial charge < -0.3 is 5.73 Å². The normalized spacial score (nSPS) is 11.1. The zero-order valence-electron chi connectivity index (χ0n) is 10.7. The largest absolute Gasteiger partial charge is 0.330 e. The fraction of sp³-hybridized carbons (Fsp3) is 0.133. The summed E-state index contributed by atoms with van der Waals surface area (Å²) in [5, 5.41) is 0. The first-order valence-corrected chi connectivity index (χ1v) is 8.71. The third kappa shape index (κ3) is 3.06. The molecule has 2 aromatic carbocycles. The molecule has 1 heterocycles. The quantitative estimate of drug-likeness (QED) is 0.728. The number of thiazole rings is 1. The Morgan fingerprint density at radius 3 is 2.85 bits per heavy atom. The summed E-state index contributed by atoms with van der Waals surface area (Å²) in [6.45, 7) is 0.657. The van der Waals surface area contributed by atoms with Crippen molar-refractivity contribution in [1.29, 1.82) is 0 Å². The van der Waals surface area contributed by atoms with Crippen molar-refractivity contribution in [2.24, 2.45) is 5.73 Å². The molecule has 3 aromatic rings. The van der Waals surface area contributed by atoms with Crippen LogP contribution in [0.4, 0.5) is 0 Å². The standard InChI is InChI=1S/C15H13BrN2S2/c16-11-5-6-13(10(9-11)7-8-17)19-15-18-12-3-1-2-4-14(12)20-15/h1-6,9H,7-8,17H2. The Balaban J connectivity index is 1.93. The molecule has 0 aliphatic heterocycles. The Morgan fingerprint density at radius 1 is 1.20 bits per heavy atom. The number of para-hydroxylation sites is 1. The van der Waals surface area contributed by atoms with E-state index in [1.165, 1.54) is 15.2 Å². The Labute approximate surface area is 134 Å². The van der Waals surface area contributed by atoms with E-state index in [0.29, 0.717) is 6.54 Å². The molecule has 20 heavy (non-hydrogen) atoms. The molecule has 0 radical (unpaired) electrons. The molecule has 2 N–H and O–H groups in total. The second-order valence-electron chi connectivity index (χ2n) is 4.34. The highest BCUT2D eigenvalue weighted by molar-refractivity contribution is 9.10.